The second kappa shape index (κ2) is 6.37. The van der Waals surface area contributed by atoms with E-state index in [1.54, 1.807) is 0 Å². The van der Waals surface area contributed by atoms with Gasteiger partial charge in [0.25, 0.3) is 0 Å². The summed E-state index contributed by atoms with van der Waals surface area (Å²) in [6.45, 7) is 7.89. The van der Waals surface area contributed by atoms with Crippen LogP contribution in [0.4, 0.5) is 0 Å². The smallest absolute Gasteiger partial charge is 0.239 e. The lowest BCUT2D eigenvalue weighted by Gasteiger charge is -2.31. The lowest BCUT2D eigenvalue weighted by atomic mass is 9.79. The molecule has 110 valence electrons. The van der Waals surface area contributed by atoms with Crippen LogP contribution in [-0.4, -0.2) is 29.9 Å². The Morgan fingerprint density at radius 1 is 1.26 bits per heavy atom. The monoisotopic (exact) mass is 269 g/mol. The van der Waals surface area contributed by atoms with Crippen LogP contribution in [0.3, 0.4) is 0 Å². The van der Waals surface area contributed by atoms with E-state index in [0.717, 1.165) is 12.8 Å². The first-order valence-corrected chi connectivity index (χ1v) is 7.03. The highest BCUT2D eigenvalue weighted by atomic mass is 16.2. The minimum Gasteiger partial charge on any atom is -0.350 e. The number of carbonyl (C=O) groups excluding carboxylic acids is 2. The van der Waals surface area contributed by atoms with E-state index in [-0.39, 0.29) is 35.9 Å². The van der Waals surface area contributed by atoms with E-state index in [1.165, 1.54) is 0 Å². The summed E-state index contributed by atoms with van der Waals surface area (Å²) in [6.07, 6.45) is 2.56. The zero-order valence-corrected chi connectivity index (χ0v) is 12.5. The molecular weight excluding hydrogens is 242 g/mol. The van der Waals surface area contributed by atoms with Gasteiger partial charge in [0.1, 0.15) is 0 Å². The van der Waals surface area contributed by atoms with Crippen molar-refractivity contribution in [2.45, 2.75) is 58.5 Å². The molecule has 5 nitrogen and oxygen atoms in total. The Labute approximate surface area is 115 Å². The maximum absolute atomic E-state index is 12.0. The molecule has 1 aliphatic rings. The molecule has 19 heavy (non-hydrogen) atoms. The third kappa shape index (κ3) is 5.59. The van der Waals surface area contributed by atoms with Crippen molar-refractivity contribution >= 4 is 11.8 Å². The number of carbonyl (C=O) groups is 2. The van der Waals surface area contributed by atoms with Gasteiger partial charge in [-0.1, -0.05) is 6.92 Å². The molecule has 0 bridgehead atoms. The van der Waals surface area contributed by atoms with Gasteiger partial charge in [0.2, 0.25) is 11.8 Å². The van der Waals surface area contributed by atoms with E-state index in [0.29, 0.717) is 12.3 Å². The molecule has 5 heteroatoms. The minimum absolute atomic E-state index is 0.0391. The maximum Gasteiger partial charge on any atom is 0.239 e. The predicted molar refractivity (Wildman–Crippen MR) is 75.4 cm³/mol. The molecule has 1 saturated carbocycles. The molecule has 0 aromatic carbocycles. The standard InChI is InChI=1S/C14H27N3O2/c1-9-5-6-10(7-11(9)15)13(19)16-8-12(18)17-14(2,3)4/h9-11H,5-8,15H2,1-4H3,(H,16,19)(H,17,18). The van der Waals surface area contributed by atoms with Gasteiger partial charge in [0, 0.05) is 17.5 Å². The lowest BCUT2D eigenvalue weighted by molar-refractivity contribution is -0.130. The molecule has 0 aromatic rings. The first-order chi connectivity index (χ1) is 8.69. The minimum atomic E-state index is -0.273. The van der Waals surface area contributed by atoms with E-state index in [9.17, 15) is 9.59 Å². The Morgan fingerprint density at radius 2 is 1.89 bits per heavy atom. The van der Waals surface area contributed by atoms with Crippen LogP contribution in [0.25, 0.3) is 0 Å². The maximum atomic E-state index is 12.0. The number of nitrogens with one attached hydrogen (secondary N) is 2. The van der Waals surface area contributed by atoms with Crippen LogP contribution in [0.5, 0.6) is 0 Å². The fourth-order valence-corrected chi connectivity index (χ4v) is 2.37. The average molecular weight is 269 g/mol. The number of rotatable bonds is 3. The first kappa shape index (κ1) is 16.0. The fourth-order valence-electron chi connectivity index (χ4n) is 2.37. The Morgan fingerprint density at radius 3 is 2.42 bits per heavy atom. The van der Waals surface area contributed by atoms with Crippen molar-refractivity contribution in [3.8, 4) is 0 Å². The molecule has 3 atom stereocenters. The van der Waals surface area contributed by atoms with Gasteiger partial charge in [-0.05, 0) is 46.0 Å². The zero-order chi connectivity index (χ0) is 14.6. The van der Waals surface area contributed by atoms with Crippen molar-refractivity contribution in [2.24, 2.45) is 17.6 Å². The molecule has 0 saturated heterocycles. The van der Waals surface area contributed by atoms with E-state index < -0.39 is 0 Å². The fraction of sp³-hybridized carbons (Fsp3) is 0.857. The molecule has 0 aromatic heterocycles. The largest absolute Gasteiger partial charge is 0.350 e. The molecular formula is C14H27N3O2. The van der Waals surface area contributed by atoms with E-state index in [1.807, 2.05) is 20.8 Å². The topological polar surface area (TPSA) is 84.2 Å². The van der Waals surface area contributed by atoms with Crippen molar-refractivity contribution in [1.29, 1.82) is 0 Å². The number of hydrogen-bond donors (Lipinski definition) is 3. The predicted octanol–water partition coefficient (Wildman–Crippen LogP) is 0.781. The van der Waals surface area contributed by atoms with Gasteiger partial charge in [-0.15, -0.1) is 0 Å². The molecule has 0 radical (unpaired) electrons. The van der Waals surface area contributed by atoms with Gasteiger partial charge >= 0.3 is 0 Å². The normalized spacial score (nSPS) is 27.7. The molecule has 1 fully saturated rings. The Kier molecular flexibility index (Phi) is 5.35. The van der Waals surface area contributed by atoms with Crippen molar-refractivity contribution in [3.63, 3.8) is 0 Å². The van der Waals surface area contributed by atoms with Crippen molar-refractivity contribution in [1.82, 2.24) is 10.6 Å². The quantitative estimate of drug-likeness (QED) is 0.708. The summed E-state index contributed by atoms with van der Waals surface area (Å²) in [6, 6.07) is 0.0906. The van der Waals surface area contributed by atoms with Gasteiger partial charge in [-0.2, -0.15) is 0 Å². The number of amides is 2. The Balaban J connectivity index is 2.34. The van der Waals surface area contributed by atoms with E-state index in [4.69, 9.17) is 5.73 Å². The molecule has 4 N–H and O–H groups in total. The summed E-state index contributed by atoms with van der Waals surface area (Å²) in [4.78, 5) is 23.6. The van der Waals surface area contributed by atoms with Gasteiger partial charge in [-0.25, -0.2) is 0 Å². The molecule has 1 rings (SSSR count). The zero-order valence-electron chi connectivity index (χ0n) is 12.5. The summed E-state index contributed by atoms with van der Waals surface area (Å²) in [7, 11) is 0. The van der Waals surface area contributed by atoms with Gasteiger partial charge in [0.05, 0.1) is 6.54 Å². The van der Waals surface area contributed by atoms with E-state index >= 15 is 0 Å². The Hall–Kier alpha value is -1.10. The van der Waals surface area contributed by atoms with Crippen molar-refractivity contribution < 1.29 is 9.59 Å². The van der Waals surface area contributed by atoms with Gasteiger partial charge < -0.3 is 16.4 Å². The highest BCUT2D eigenvalue weighted by Gasteiger charge is 2.29. The van der Waals surface area contributed by atoms with Crippen LogP contribution in [0.1, 0.15) is 47.0 Å². The molecule has 0 heterocycles. The van der Waals surface area contributed by atoms with Crippen molar-refractivity contribution in [3.05, 3.63) is 0 Å². The van der Waals surface area contributed by atoms with E-state index in [2.05, 4.69) is 17.6 Å². The van der Waals surface area contributed by atoms with Crippen LogP contribution >= 0.6 is 0 Å². The van der Waals surface area contributed by atoms with Crippen LogP contribution in [0.2, 0.25) is 0 Å². The van der Waals surface area contributed by atoms with Crippen LogP contribution in [0, 0.1) is 11.8 Å². The van der Waals surface area contributed by atoms with Crippen molar-refractivity contribution in [2.75, 3.05) is 6.54 Å². The highest BCUT2D eigenvalue weighted by Crippen LogP contribution is 2.27. The summed E-state index contributed by atoms with van der Waals surface area (Å²) < 4.78 is 0. The summed E-state index contributed by atoms with van der Waals surface area (Å²) in [5.74, 6) is 0.225. The summed E-state index contributed by atoms with van der Waals surface area (Å²) in [5, 5.41) is 5.52. The second-order valence-electron chi connectivity index (χ2n) is 6.67. The Bertz CT molecular complexity index is 336. The average Bonchev–Trinajstić information content (AvgIpc) is 2.27. The number of hydrogen-bond acceptors (Lipinski definition) is 3. The summed E-state index contributed by atoms with van der Waals surface area (Å²) >= 11 is 0. The highest BCUT2D eigenvalue weighted by molar-refractivity contribution is 5.86. The van der Waals surface area contributed by atoms with Gasteiger partial charge in [-0.3, -0.25) is 9.59 Å². The molecule has 2 amide bonds. The molecule has 0 aliphatic heterocycles. The van der Waals surface area contributed by atoms with Crippen LogP contribution < -0.4 is 16.4 Å². The molecule has 0 spiro atoms. The van der Waals surface area contributed by atoms with Crippen LogP contribution in [0.15, 0.2) is 0 Å². The SMILES string of the molecule is CC1CCC(C(=O)NCC(=O)NC(C)(C)C)CC1N. The van der Waals surface area contributed by atoms with Crippen LogP contribution in [-0.2, 0) is 9.59 Å². The second-order valence-corrected chi connectivity index (χ2v) is 6.67. The summed E-state index contributed by atoms with van der Waals surface area (Å²) in [5.41, 5.74) is 5.71. The van der Waals surface area contributed by atoms with Gasteiger partial charge in [0.15, 0.2) is 0 Å². The molecule has 1 aliphatic carbocycles. The molecule has 3 unspecified atom stereocenters. The third-order valence-corrected chi connectivity index (χ3v) is 3.57. The third-order valence-electron chi connectivity index (χ3n) is 3.57. The lowest BCUT2D eigenvalue weighted by Crippen LogP contribution is -2.48. The number of nitrogens with two attached hydrogens (primary N) is 1. The first-order valence-electron chi connectivity index (χ1n) is 7.03.